The first-order valence-corrected chi connectivity index (χ1v) is 18.3. The maximum Gasteiger partial charge on any atom is 0.306 e. The van der Waals surface area contributed by atoms with Gasteiger partial charge in [-0.15, -0.1) is 0 Å². The normalized spacial score (nSPS) is 13.6. The molecule has 1 unspecified atom stereocenters. The highest BCUT2D eigenvalue weighted by atomic mass is 31.2. The zero-order chi connectivity index (χ0) is 33.7. The van der Waals surface area contributed by atoms with Crippen LogP contribution in [0, 0.1) is 0 Å². The van der Waals surface area contributed by atoms with Gasteiger partial charge in [0.1, 0.15) is 19.8 Å². The van der Waals surface area contributed by atoms with Crippen LogP contribution in [0.3, 0.4) is 0 Å². The fourth-order valence-corrected chi connectivity index (χ4v) is 5.50. The van der Waals surface area contributed by atoms with Crippen LogP contribution in [0.4, 0.5) is 0 Å². The number of phosphoric acid groups is 1. The summed E-state index contributed by atoms with van der Waals surface area (Å²) in [6.45, 7) is 1.83. The molecule has 0 heterocycles. The Morgan fingerprint density at radius 1 is 0.739 bits per heavy atom. The summed E-state index contributed by atoms with van der Waals surface area (Å²) in [5.74, 6) is -0.927. The van der Waals surface area contributed by atoms with Crippen LogP contribution < -0.4 is 4.89 Å². The van der Waals surface area contributed by atoms with Gasteiger partial charge in [-0.05, 0) is 36.0 Å². The summed E-state index contributed by atoms with van der Waals surface area (Å²) in [5.41, 5.74) is 3.35. The number of carbonyl (C=O) groups excluding carboxylic acids is 2. The van der Waals surface area contributed by atoms with Gasteiger partial charge in [0.15, 0.2) is 6.10 Å². The average molecular weight is 662 g/mol. The Bertz CT molecular complexity index is 1170. The third kappa shape index (κ3) is 19.2. The standard InChI is InChI=1S/C36H56NO8P/c1-5-6-7-8-9-10-11-12-16-21-35(38)42-29-34(30-44-46(40,41)43-28-27-37(2,3)4)45-36(39)22-17-18-31-23-25-33(26-24-31)32-19-14-13-15-20-32/h13-15,19-20,23-26,34H,5-12,16-18,21-22,27-30H2,1-4H3/t34-/m1/s1. The molecule has 0 saturated carbocycles. The quantitative estimate of drug-likeness (QED) is 0.0473. The van der Waals surface area contributed by atoms with Crippen molar-refractivity contribution in [1.29, 1.82) is 0 Å². The lowest BCUT2D eigenvalue weighted by Crippen LogP contribution is -2.37. The highest BCUT2D eigenvalue weighted by molar-refractivity contribution is 7.45. The largest absolute Gasteiger partial charge is 0.756 e. The molecule has 0 amide bonds. The smallest absolute Gasteiger partial charge is 0.306 e. The Hall–Kier alpha value is -2.55. The number of hydrogen-bond acceptors (Lipinski definition) is 8. The number of aryl methyl sites for hydroxylation is 1. The number of carbonyl (C=O) groups is 2. The van der Waals surface area contributed by atoms with Crippen molar-refractivity contribution in [3.63, 3.8) is 0 Å². The molecule has 0 aliphatic carbocycles. The van der Waals surface area contributed by atoms with Crippen molar-refractivity contribution in [2.45, 2.75) is 96.5 Å². The molecule has 0 bridgehead atoms. The lowest BCUT2D eigenvalue weighted by molar-refractivity contribution is -0.870. The zero-order valence-corrected chi connectivity index (χ0v) is 29.3. The Morgan fingerprint density at radius 3 is 1.96 bits per heavy atom. The number of unbranched alkanes of at least 4 members (excludes halogenated alkanes) is 8. The first kappa shape index (κ1) is 39.6. The van der Waals surface area contributed by atoms with Crippen LogP contribution in [-0.4, -0.2) is 70.0 Å². The maximum absolute atomic E-state index is 12.7. The van der Waals surface area contributed by atoms with E-state index >= 15 is 0 Å². The Labute approximate surface area is 276 Å². The van der Waals surface area contributed by atoms with Gasteiger partial charge in [0, 0.05) is 12.8 Å². The number of esters is 2. The topological polar surface area (TPSA) is 111 Å². The molecule has 9 nitrogen and oxygen atoms in total. The number of nitrogens with zero attached hydrogens (tertiary/aromatic N) is 1. The summed E-state index contributed by atoms with van der Waals surface area (Å²) < 4.78 is 33.7. The van der Waals surface area contributed by atoms with Gasteiger partial charge in [0.25, 0.3) is 7.82 Å². The molecule has 46 heavy (non-hydrogen) atoms. The zero-order valence-electron chi connectivity index (χ0n) is 28.5. The van der Waals surface area contributed by atoms with Gasteiger partial charge in [-0.1, -0.05) is 113 Å². The van der Waals surface area contributed by atoms with E-state index in [1.165, 1.54) is 38.5 Å². The van der Waals surface area contributed by atoms with Gasteiger partial charge in [0.05, 0.1) is 27.7 Å². The minimum Gasteiger partial charge on any atom is -0.756 e. The summed E-state index contributed by atoms with van der Waals surface area (Å²) in [5, 5.41) is 0. The van der Waals surface area contributed by atoms with Crippen LogP contribution in [-0.2, 0) is 39.1 Å². The molecule has 0 spiro atoms. The van der Waals surface area contributed by atoms with Gasteiger partial charge in [0.2, 0.25) is 0 Å². The van der Waals surface area contributed by atoms with E-state index < -0.39 is 32.5 Å². The summed E-state index contributed by atoms with van der Waals surface area (Å²) in [6, 6.07) is 18.3. The van der Waals surface area contributed by atoms with Gasteiger partial charge < -0.3 is 27.9 Å². The van der Waals surface area contributed by atoms with Gasteiger partial charge in [-0.3, -0.25) is 14.2 Å². The lowest BCUT2D eigenvalue weighted by atomic mass is 10.0. The number of rotatable bonds is 25. The molecule has 0 fully saturated rings. The second-order valence-electron chi connectivity index (χ2n) is 12.9. The SMILES string of the molecule is CCCCCCCCCCCC(=O)OC[C@H](COP(=O)([O-])OCC[N+](C)(C)C)OC(=O)CCCc1ccc(-c2ccccc2)cc1. The van der Waals surface area contributed by atoms with Crippen LogP contribution in [0.15, 0.2) is 54.6 Å². The number of quaternary nitrogens is 1. The molecule has 2 aromatic rings. The summed E-state index contributed by atoms with van der Waals surface area (Å²) >= 11 is 0. The van der Waals surface area contributed by atoms with Gasteiger partial charge in [-0.25, -0.2) is 0 Å². The molecule has 2 atom stereocenters. The average Bonchev–Trinajstić information content (AvgIpc) is 3.01. The highest BCUT2D eigenvalue weighted by Crippen LogP contribution is 2.38. The van der Waals surface area contributed by atoms with Crippen molar-refractivity contribution in [1.82, 2.24) is 0 Å². The van der Waals surface area contributed by atoms with Crippen LogP contribution in [0.25, 0.3) is 11.1 Å². The molecule has 0 radical (unpaired) electrons. The number of phosphoric ester groups is 1. The minimum atomic E-state index is -4.64. The van der Waals surface area contributed by atoms with E-state index in [1.54, 1.807) is 0 Å². The van der Waals surface area contributed by atoms with Crippen molar-refractivity contribution in [3.8, 4) is 11.1 Å². The molecular weight excluding hydrogens is 605 g/mol. The monoisotopic (exact) mass is 661 g/mol. The van der Waals surface area contributed by atoms with Crippen LogP contribution in [0.2, 0.25) is 0 Å². The van der Waals surface area contributed by atoms with E-state index in [1.807, 2.05) is 51.5 Å². The predicted molar refractivity (Wildman–Crippen MR) is 180 cm³/mol. The van der Waals surface area contributed by atoms with Crippen LogP contribution in [0.1, 0.15) is 89.5 Å². The summed E-state index contributed by atoms with van der Waals surface area (Å²) in [6.07, 6.45) is 10.7. The first-order chi connectivity index (χ1) is 22.0. The van der Waals surface area contributed by atoms with Crippen molar-refractivity contribution in [3.05, 3.63) is 60.2 Å². The molecule has 2 rings (SSSR count). The van der Waals surface area contributed by atoms with E-state index in [0.717, 1.165) is 36.0 Å². The van der Waals surface area contributed by atoms with E-state index in [0.29, 0.717) is 23.9 Å². The van der Waals surface area contributed by atoms with Crippen molar-refractivity contribution < 1.29 is 42.1 Å². The van der Waals surface area contributed by atoms with Gasteiger partial charge in [-0.2, -0.15) is 0 Å². The van der Waals surface area contributed by atoms with Gasteiger partial charge >= 0.3 is 11.9 Å². The minimum absolute atomic E-state index is 0.0468. The van der Waals surface area contributed by atoms with Crippen LogP contribution >= 0.6 is 7.82 Å². The predicted octanol–water partition coefficient (Wildman–Crippen LogP) is 7.26. The Morgan fingerprint density at radius 2 is 1.33 bits per heavy atom. The highest BCUT2D eigenvalue weighted by Gasteiger charge is 2.21. The summed E-state index contributed by atoms with van der Waals surface area (Å²) in [4.78, 5) is 37.4. The number of benzene rings is 2. The fraction of sp³-hybridized carbons (Fsp3) is 0.611. The molecule has 258 valence electrons. The Balaban J connectivity index is 1.80. The van der Waals surface area contributed by atoms with Crippen molar-refractivity contribution in [2.75, 3.05) is 47.5 Å². The molecular formula is C36H56NO8P. The van der Waals surface area contributed by atoms with Crippen LogP contribution in [0.5, 0.6) is 0 Å². The van der Waals surface area contributed by atoms with E-state index in [2.05, 4.69) is 31.2 Å². The fourth-order valence-electron chi connectivity index (χ4n) is 4.77. The second kappa shape index (κ2) is 22.1. The number of hydrogen-bond donors (Lipinski definition) is 0. The van der Waals surface area contributed by atoms with E-state index in [4.69, 9.17) is 18.5 Å². The second-order valence-corrected chi connectivity index (χ2v) is 14.3. The van der Waals surface area contributed by atoms with Crippen molar-refractivity contribution >= 4 is 19.8 Å². The number of likely N-dealkylation sites (N-methyl/N-ethyl adjacent to an activating group) is 1. The summed E-state index contributed by atoms with van der Waals surface area (Å²) in [7, 11) is 1.10. The molecule has 0 aliphatic rings. The maximum atomic E-state index is 12.7. The molecule has 0 N–H and O–H groups in total. The molecule has 0 aromatic heterocycles. The van der Waals surface area contributed by atoms with E-state index in [-0.39, 0.29) is 26.1 Å². The van der Waals surface area contributed by atoms with Crippen molar-refractivity contribution in [2.24, 2.45) is 0 Å². The third-order valence-electron chi connectivity index (χ3n) is 7.55. The first-order valence-electron chi connectivity index (χ1n) is 16.9. The number of ether oxygens (including phenoxy) is 2. The molecule has 10 heteroatoms. The Kier molecular flexibility index (Phi) is 19.0. The molecule has 0 saturated heterocycles. The lowest BCUT2D eigenvalue weighted by Gasteiger charge is -2.28. The van der Waals surface area contributed by atoms with E-state index in [9.17, 15) is 19.0 Å². The molecule has 2 aromatic carbocycles. The third-order valence-corrected chi connectivity index (χ3v) is 8.51. The molecule has 0 aliphatic heterocycles.